The van der Waals surface area contributed by atoms with Crippen LogP contribution in [-0.2, 0) is 22.5 Å². The van der Waals surface area contributed by atoms with Crippen molar-refractivity contribution < 1.29 is 23.1 Å². The van der Waals surface area contributed by atoms with Gasteiger partial charge in [-0.05, 0) is 44.7 Å². The number of benzene rings is 1. The summed E-state index contributed by atoms with van der Waals surface area (Å²) in [5.41, 5.74) is -0.407. The van der Waals surface area contributed by atoms with Crippen molar-refractivity contribution >= 4 is 11.9 Å². The summed E-state index contributed by atoms with van der Waals surface area (Å²) < 4.78 is 34.5. The molecule has 1 fully saturated rings. The molecule has 1 aliphatic rings. The highest BCUT2D eigenvalue weighted by atomic mass is 19.1. The van der Waals surface area contributed by atoms with Crippen LogP contribution in [0.15, 0.2) is 30.6 Å². The molecule has 1 saturated heterocycles. The van der Waals surface area contributed by atoms with E-state index >= 15 is 0 Å². The van der Waals surface area contributed by atoms with Crippen molar-refractivity contribution in [3.63, 3.8) is 0 Å². The number of halogens is 2. The number of piperidine rings is 1. The summed E-state index contributed by atoms with van der Waals surface area (Å²) in [4.78, 5) is 27.4. The Morgan fingerprint density at radius 1 is 1.28 bits per heavy atom. The van der Waals surface area contributed by atoms with E-state index < -0.39 is 23.0 Å². The van der Waals surface area contributed by atoms with Crippen LogP contribution < -0.4 is 0 Å². The lowest BCUT2D eigenvalue weighted by Gasteiger charge is -2.41. The largest absolute Gasteiger partial charge is 0.466 e. The standard InChI is InChI=1S/C21H25F2N3O3/c1-3-26-13-16(12-24-26)19(27)25-9-5-8-21(14-25,20(28)29-4-2)11-15-6-7-17(22)10-18(15)23/h6-7,10,12-13H,3-5,8-9,11,14H2,1-2H3/t21-/m1/s1. The molecular weight excluding hydrogens is 380 g/mol. The van der Waals surface area contributed by atoms with Gasteiger partial charge in [0.1, 0.15) is 11.6 Å². The first-order valence-corrected chi connectivity index (χ1v) is 9.81. The zero-order chi connectivity index (χ0) is 21.0. The molecule has 6 nitrogen and oxygen atoms in total. The summed E-state index contributed by atoms with van der Waals surface area (Å²) >= 11 is 0. The number of rotatable bonds is 6. The van der Waals surface area contributed by atoms with E-state index in [1.54, 1.807) is 22.7 Å². The zero-order valence-corrected chi connectivity index (χ0v) is 16.7. The average molecular weight is 405 g/mol. The number of hydrogen-bond acceptors (Lipinski definition) is 4. The highest BCUT2D eigenvalue weighted by Gasteiger charge is 2.45. The van der Waals surface area contributed by atoms with Gasteiger partial charge in [-0.25, -0.2) is 8.78 Å². The second kappa shape index (κ2) is 8.71. The van der Waals surface area contributed by atoms with Crippen LogP contribution in [0, 0.1) is 17.0 Å². The summed E-state index contributed by atoms with van der Waals surface area (Å²) in [5.74, 6) is -2.07. The van der Waals surface area contributed by atoms with Crippen molar-refractivity contribution in [2.75, 3.05) is 19.7 Å². The third-order valence-electron chi connectivity index (χ3n) is 5.32. The molecule has 1 amide bonds. The predicted molar refractivity (Wildman–Crippen MR) is 102 cm³/mol. The summed E-state index contributed by atoms with van der Waals surface area (Å²) in [5, 5.41) is 4.13. The van der Waals surface area contributed by atoms with Gasteiger partial charge in [0.25, 0.3) is 5.91 Å². The quantitative estimate of drug-likeness (QED) is 0.693. The molecule has 0 bridgehead atoms. The molecular formula is C21H25F2N3O3. The van der Waals surface area contributed by atoms with Crippen LogP contribution in [0.1, 0.15) is 42.6 Å². The number of ether oxygens (including phenoxy) is 1. The number of aryl methyl sites for hydroxylation is 1. The molecule has 1 atom stereocenters. The summed E-state index contributed by atoms with van der Waals surface area (Å²) in [6, 6.07) is 3.32. The third kappa shape index (κ3) is 4.46. The van der Waals surface area contributed by atoms with E-state index in [0.717, 1.165) is 6.07 Å². The first kappa shape index (κ1) is 21.0. The first-order valence-electron chi connectivity index (χ1n) is 9.81. The molecule has 2 aromatic rings. The van der Waals surface area contributed by atoms with E-state index in [9.17, 15) is 18.4 Å². The lowest BCUT2D eigenvalue weighted by Crippen LogP contribution is -2.51. The van der Waals surface area contributed by atoms with Crippen molar-refractivity contribution in [1.82, 2.24) is 14.7 Å². The maximum absolute atomic E-state index is 14.3. The Labute approximate surface area is 168 Å². The number of amides is 1. The molecule has 8 heteroatoms. The Balaban J connectivity index is 1.88. The number of carbonyl (C=O) groups excluding carboxylic acids is 2. The Bertz CT molecular complexity index is 899. The van der Waals surface area contributed by atoms with Crippen LogP contribution in [0.4, 0.5) is 8.78 Å². The van der Waals surface area contributed by atoms with Crippen molar-refractivity contribution in [3.05, 3.63) is 53.4 Å². The van der Waals surface area contributed by atoms with Crippen LogP contribution in [-0.4, -0.2) is 46.3 Å². The second-order valence-electron chi connectivity index (χ2n) is 7.33. The molecule has 1 aromatic carbocycles. The molecule has 0 aliphatic carbocycles. The Morgan fingerprint density at radius 2 is 2.07 bits per heavy atom. The fourth-order valence-corrected chi connectivity index (χ4v) is 3.83. The van der Waals surface area contributed by atoms with Gasteiger partial charge in [0.2, 0.25) is 0 Å². The topological polar surface area (TPSA) is 64.4 Å². The lowest BCUT2D eigenvalue weighted by molar-refractivity contribution is -0.158. The van der Waals surface area contributed by atoms with E-state index in [-0.39, 0.29) is 31.0 Å². The minimum atomic E-state index is -1.08. The van der Waals surface area contributed by atoms with Gasteiger partial charge in [0.05, 0.1) is 23.8 Å². The molecule has 3 rings (SSSR count). The van der Waals surface area contributed by atoms with Gasteiger partial charge in [0.15, 0.2) is 0 Å². The highest BCUT2D eigenvalue weighted by Crippen LogP contribution is 2.36. The molecule has 0 spiro atoms. The monoisotopic (exact) mass is 405 g/mol. The van der Waals surface area contributed by atoms with Crippen LogP contribution in [0.2, 0.25) is 0 Å². The predicted octanol–water partition coefficient (Wildman–Crippen LogP) is 3.21. The van der Waals surface area contributed by atoms with Crippen LogP contribution in [0.3, 0.4) is 0 Å². The van der Waals surface area contributed by atoms with Crippen molar-refractivity contribution in [2.24, 2.45) is 5.41 Å². The fourth-order valence-electron chi connectivity index (χ4n) is 3.83. The number of carbonyl (C=O) groups is 2. The highest BCUT2D eigenvalue weighted by molar-refractivity contribution is 5.94. The van der Waals surface area contributed by atoms with Gasteiger partial charge in [-0.15, -0.1) is 0 Å². The van der Waals surface area contributed by atoms with E-state index in [1.807, 2.05) is 6.92 Å². The SMILES string of the molecule is CCOC(=O)[C@@]1(Cc2ccc(F)cc2F)CCCN(C(=O)c2cnn(CC)c2)C1. The van der Waals surface area contributed by atoms with Crippen LogP contribution >= 0.6 is 0 Å². The fraction of sp³-hybridized carbons (Fsp3) is 0.476. The van der Waals surface area contributed by atoms with Gasteiger partial charge in [-0.1, -0.05) is 6.07 Å². The molecule has 0 unspecified atom stereocenters. The van der Waals surface area contributed by atoms with Gasteiger partial charge in [0, 0.05) is 31.9 Å². The number of likely N-dealkylation sites (tertiary alicyclic amines) is 1. The minimum Gasteiger partial charge on any atom is -0.466 e. The van der Waals surface area contributed by atoms with Gasteiger partial charge in [-0.3, -0.25) is 14.3 Å². The van der Waals surface area contributed by atoms with E-state index in [4.69, 9.17) is 4.74 Å². The number of aromatic nitrogens is 2. The van der Waals surface area contributed by atoms with Crippen LogP contribution in [0.25, 0.3) is 0 Å². The van der Waals surface area contributed by atoms with Crippen molar-refractivity contribution in [1.29, 1.82) is 0 Å². The van der Waals surface area contributed by atoms with E-state index in [1.165, 1.54) is 18.3 Å². The first-order chi connectivity index (χ1) is 13.9. The molecule has 2 heterocycles. The average Bonchev–Trinajstić information content (AvgIpc) is 3.19. The van der Waals surface area contributed by atoms with Gasteiger partial charge >= 0.3 is 5.97 Å². The van der Waals surface area contributed by atoms with Crippen molar-refractivity contribution in [2.45, 2.75) is 39.7 Å². The Hall–Kier alpha value is -2.77. The molecule has 29 heavy (non-hydrogen) atoms. The van der Waals surface area contributed by atoms with Gasteiger partial charge in [-0.2, -0.15) is 5.10 Å². The molecule has 1 aliphatic heterocycles. The summed E-state index contributed by atoms with van der Waals surface area (Å²) in [6.07, 6.45) is 4.25. The maximum atomic E-state index is 14.3. The number of esters is 1. The van der Waals surface area contributed by atoms with Crippen molar-refractivity contribution in [3.8, 4) is 0 Å². The molecule has 1 aromatic heterocycles. The lowest BCUT2D eigenvalue weighted by atomic mass is 9.74. The molecule has 0 saturated carbocycles. The molecule has 0 radical (unpaired) electrons. The van der Waals surface area contributed by atoms with Gasteiger partial charge < -0.3 is 9.64 Å². The summed E-state index contributed by atoms with van der Waals surface area (Å²) in [6.45, 7) is 5.05. The number of nitrogens with zero attached hydrogens (tertiary/aromatic N) is 3. The zero-order valence-electron chi connectivity index (χ0n) is 16.7. The third-order valence-corrected chi connectivity index (χ3v) is 5.32. The normalized spacial score (nSPS) is 19.2. The van der Waals surface area contributed by atoms with Crippen LogP contribution in [0.5, 0.6) is 0 Å². The smallest absolute Gasteiger partial charge is 0.314 e. The van der Waals surface area contributed by atoms with E-state index in [0.29, 0.717) is 31.5 Å². The summed E-state index contributed by atoms with van der Waals surface area (Å²) in [7, 11) is 0. The molecule has 156 valence electrons. The maximum Gasteiger partial charge on any atom is 0.314 e. The Kier molecular flexibility index (Phi) is 6.30. The number of hydrogen-bond donors (Lipinski definition) is 0. The Morgan fingerprint density at radius 3 is 2.72 bits per heavy atom. The minimum absolute atomic E-state index is 0.0376. The van der Waals surface area contributed by atoms with E-state index in [2.05, 4.69) is 5.10 Å². The second-order valence-corrected chi connectivity index (χ2v) is 7.33. The molecule has 0 N–H and O–H groups in total.